The molecule has 0 radical (unpaired) electrons. The van der Waals surface area contributed by atoms with Crippen molar-refractivity contribution in [2.75, 3.05) is 31.5 Å². The second-order valence-electron chi connectivity index (χ2n) is 8.07. The fraction of sp³-hybridized carbons (Fsp3) is 0.435. The van der Waals surface area contributed by atoms with E-state index in [9.17, 15) is 9.90 Å². The van der Waals surface area contributed by atoms with Gasteiger partial charge in [0, 0.05) is 40.5 Å². The number of anilines is 1. The normalized spacial score (nSPS) is 16.5. The molecule has 2 aromatic rings. The lowest BCUT2D eigenvalue weighted by Gasteiger charge is -2.21. The Kier molecular flexibility index (Phi) is 9.91. The molecule has 2 aromatic carbocycles. The minimum absolute atomic E-state index is 0. The van der Waals surface area contributed by atoms with Crippen LogP contribution in [0.2, 0.25) is 5.02 Å². The molecule has 31 heavy (non-hydrogen) atoms. The summed E-state index contributed by atoms with van der Waals surface area (Å²) in [5, 5.41) is 14.5. The number of phenolic OH excluding ortho intramolecular Hbond substituents is 1. The molecule has 0 aliphatic carbocycles. The molecule has 2 aliphatic heterocycles. The fourth-order valence-electron chi connectivity index (χ4n) is 4.27. The number of aromatic hydroxyl groups is 1. The van der Waals surface area contributed by atoms with E-state index < -0.39 is 0 Å². The van der Waals surface area contributed by atoms with Gasteiger partial charge in [0.25, 0.3) is 5.91 Å². The minimum Gasteiger partial charge on any atom is -0.507 e. The minimum atomic E-state index is -0.197. The Morgan fingerprint density at radius 2 is 1.42 bits per heavy atom. The van der Waals surface area contributed by atoms with Gasteiger partial charge in [-0.2, -0.15) is 0 Å². The zero-order valence-corrected chi connectivity index (χ0v) is 19.9. The Morgan fingerprint density at radius 3 is 1.90 bits per heavy atom. The molecule has 0 bridgehead atoms. The van der Waals surface area contributed by atoms with Crippen molar-refractivity contribution in [1.82, 2.24) is 9.80 Å². The molecule has 2 fully saturated rings. The highest BCUT2D eigenvalue weighted by molar-refractivity contribution is 6.31. The second kappa shape index (κ2) is 11.9. The van der Waals surface area contributed by atoms with E-state index in [0.717, 1.165) is 43.0 Å². The summed E-state index contributed by atoms with van der Waals surface area (Å²) in [5.41, 5.74) is 3.00. The maximum absolute atomic E-state index is 12.7. The maximum Gasteiger partial charge on any atom is 0.255 e. The van der Waals surface area contributed by atoms with E-state index in [2.05, 4.69) is 15.1 Å². The molecular formula is C23H30Cl3N3O2. The Balaban J connectivity index is 0.00000171. The van der Waals surface area contributed by atoms with Crippen LogP contribution >= 0.6 is 36.4 Å². The summed E-state index contributed by atoms with van der Waals surface area (Å²) in [6.07, 6.45) is 4.80. The van der Waals surface area contributed by atoms with Crippen molar-refractivity contribution in [3.8, 4) is 5.75 Å². The van der Waals surface area contributed by atoms with Gasteiger partial charge in [-0.25, -0.2) is 0 Å². The number of carbonyl (C=O) groups excluding carboxylic acids is 1. The number of hydrogen-bond acceptors (Lipinski definition) is 4. The van der Waals surface area contributed by atoms with Gasteiger partial charge in [-0.3, -0.25) is 14.6 Å². The number of amides is 1. The van der Waals surface area contributed by atoms with Gasteiger partial charge in [0.15, 0.2) is 0 Å². The van der Waals surface area contributed by atoms with Crippen molar-refractivity contribution < 1.29 is 9.90 Å². The number of rotatable bonds is 6. The average molecular weight is 487 g/mol. The number of nitrogens with one attached hydrogen (secondary N) is 1. The molecule has 8 heteroatoms. The van der Waals surface area contributed by atoms with E-state index in [0.29, 0.717) is 29.4 Å². The molecule has 5 nitrogen and oxygen atoms in total. The summed E-state index contributed by atoms with van der Waals surface area (Å²) >= 11 is 6.03. The highest BCUT2D eigenvalue weighted by Gasteiger charge is 2.20. The monoisotopic (exact) mass is 485 g/mol. The number of phenols is 1. The fourth-order valence-corrected chi connectivity index (χ4v) is 4.46. The molecule has 170 valence electrons. The van der Waals surface area contributed by atoms with Crippen LogP contribution in [-0.2, 0) is 13.1 Å². The second-order valence-corrected chi connectivity index (χ2v) is 8.51. The first kappa shape index (κ1) is 25.8. The maximum atomic E-state index is 12.7. The van der Waals surface area contributed by atoms with Gasteiger partial charge in [0.1, 0.15) is 5.75 Å². The zero-order chi connectivity index (χ0) is 20.2. The van der Waals surface area contributed by atoms with Gasteiger partial charge < -0.3 is 10.4 Å². The summed E-state index contributed by atoms with van der Waals surface area (Å²) in [6.45, 7) is 5.64. The summed E-state index contributed by atoms with van der Waals surface area (Å²) in [5.74, 6) is 0.169. The lowest BCUT2D eigenvalue weighted by molar-refractivity contribution is 0.102. The highest BCUT2D eigenvalue weighted by atomic mass is 35.5. The van der Waals surface area contributed by atoms with E-state index in [1.807, 2.05) is 12.1 Å². The molecule has 2 aliphatic rings. The van der Waals surface area contributed by atoms with Crippen molar-refractivity contribution in [3.63, 3.8) is 0 Å². The van der Waals surface area contributed by atoms with Crippen LogP contribution in [-0.4, -0.2) is 47.0 Å². The molecule has 2 heterocycles. The van der Waals surface area contributed by atoms with Crippen molar-refractivity contribution in [2.45, 2.75) is 38.8 Å². The van der Waals surface area contributed by atoms with Gasteiger partial charge in [-0.1, -0.05) is 17.7 Å². The molecule has 0 atom stereocenters. The average Bonchev–Trinajstić information content (AvgIpc) is 3.39. The smallest absolute Gasteiger partial charge is 0.255 e. The number of benzene rings is 2. The summed E-state index contributed by atoms with van der Waals surface area (Å²) < 4.78 is 0. The number of halogens is 3. The number of carbonyl (C=O) groups is 1. The quantitative estimate of drug-likeness (QED) is 0.542. The van der Waals surface area contributed by atoms with Gasteiger partial charge in [-0.15, -0.1) is 24.8 Å². The lowest BCUT2D eigenvalue weighted by Crippen LogP contribution is -2.21. The van der Waals surface area contributed by atoms with E-state index >= 15 is 0 Å². The summed E-state index contributed by atoms with van der Waals surface area (Å²) in [7, 11) is 0. The van der Waals surface area contributed by atoms with Crippen LogP contribution in [0.25, 0.3) is 0 Å². The van der Waals surface area contributed by atoms with Crippen molar-refractivity contribution >= 4 is 48.0 Å². The third kappa shape index (κ3) is 6.74. The molecule has 0 unspecified atom stereocenters. The Labute approximate surface area is 201 Å². The van der Waals surface area contributed by atoms with Crippen LogP contribution in [0.5, 0.6) is 5.75 Å². The van der Waals surface area contributed by atoms with E-state index in [4.69, 9.17) is 11.6 Å². The van der Waals surface area contributed by atoms with Gasteiger partial charge in [0.05, 0.1) is 0 Å². The molecule has 4 rings (SSSR count). The SMILES string of the molecule is Cl.Cl.O=C(Nc1cc(CN2CCCC2)c(O)c(CN2CCCC2)c1)c1cccc(Cl)c1. The van der Waals surface area contributed by atoms with Crippen molar-refractivity contribution in [1.29, 1.82) is 0 Å². The zero-order valence-electron chi connectivity index (χ0n) is 17.5. The topological polar surface area (TPSA) is 55.8 Å². The third-order valence-corrected chi connectivity index (χ3v) is 6.03. The van der Waals surface area contributed by atoms with Crippen LogP contribution in [0.3, 0.4) is 0 Å². The number of nitrogens with zero attached hydrogens (tertiary/aromatic N) is 2. The highest BCUT2D eigenvalue weighted by Crippen LogP contribution is 2.31. The molecule has 2 saturated heterocycles. The first-order valence-electron chi connectivity index (χ1n) is 10.4. The van der Waals surface area contributed by atoms with Crippen LogP contribution in [0.15, 0.2) is 36.4 Å². The molecular weight excluding hydrogens is 457 g/mol. The van der Waals surface area contributed by atoms with Crippen LogP contribution in [0, 0.1) is 0 Å². The van der Waals surface area contributed by atoms with Gasteiger partial charge >= 0.3 is 0 Å². The first-order chi connectivity index (χ1) is 14.1. The molecule has 2 N–H and O–H groups in total. The first-order valence-corrected chi connectivity index (χ1v) is 10.8. The number of likely N-dealkylation sites (tertiary alicyclic amines) is 2. The van der Waals surface area contributed by atoms with Crippen molar-refractivity contribution in [2.24, 2.45) is 0 Å². The third-order valence-electron chi connectivity index (χ3n) is 5.80. The van der Waals surface area contributed by atoms with E-state index in [1.165, 1.54) is 25.7 Å². The standard InChI is InChI=1S/C23H28ClN3O2.2ClH/c24-20-7-5-6-17(12-20)23(29)25-21-13-18(15-26-8-1-2-9-26)22(28)19(14-21)16-27-10-3-4-11-27;;/h5-7,12-14,28H,1-4,8-11,15-16H2,(H,25,29);2*1H. The predicted molar refractivity (Wildman–Crippen MR) is 131 cm³/mol. The molecule has 0 aromatic heterocycles. The summed E-state index contributed by atoms with van der Waals surface area (Å²) in [4.78, 5) is 17.4. The van der Waals surface area contributed by atoms with E-state index in [-0.39, 0.29) is 30.7 Å². The Hall–Kier alpha value is -1.50. The van der Waals surface area contributed by atoms with Crippen LogP contribution < -0.4 is 5.32 Å². The van der Waals surface area contributed by atoms with Crippen LogP contribution in [0.1, 0.15) is 47.2 Å². The summed E-state index contributed by atoms with van der Waals surface area (Å²) in [6, 6.07) is 10.7. The van der Waals surface area contributed by atoms with Gasteiger partial charge in [0.2, 0.25) is 0 Å². The predicted octanol–water partition coefficient (Wildman–Crippen LogP) is 5.33. The molecule has 0 spiro atoms. The van der Waals surface area contributed by atoms with Crippen LogP contribution in [0.4, 0.5) is 5.69 Å². The molecule has 0 saturated carbocycles. The number of hydrogen-bond donors (Lipinski definition) is 2. The van der Waals surface area contributed by atoms with Crippen molar-refractivity contribution in [3.05, 3.63) is 58.1 Å². The van der Waals surface area contributed by atoms with E-state index in [1.54, 1.807) is 24.3 Å². The Bertz CT molecular complexity index is 843. The lowest BCUT2D eigenvalue weighted by atomic mass is 10.1. The largest absolute Gasteiger partial charge is 0.507 e. The molecule has 1 amide bonds. The Morgan fingerprint density at radius 1 is 0.903 bits per heavy atom. The van der Waals surface area contributed by atoms with Gasteiger partial charge in [-0.05, 0) is 82.2 Å².